The van der Waals surface area contributed by atoms with E-state index in [-0.39, 0.29) is 11.4 Å². The Morgan fingerprint density at radius 3 is 2.56 bits per heavy atom. The van der Waals surface area contributed by atoms with Crippen LogP contribution in [0.15, 0.2) is 72.1 Å². The van der Waals surface area contributed by atoms with Gasteiger partial charge in [0.15, 0.2) is 9.84 Å². The predicted octanol–water partition coefficient (Wildman–Crippen LogP) is 2.67. The zero-order chi connectivity index (χ0) is 19.3. The molecule has 1 aromatic heterocycles. The Hall–Kier alpha value is -2.64. The molecule has 140 valence electrons. The summed E-state index contributed by atoms with van der Waals surface area (Å²) in [6.07, 6.45) is 5.32. The van der Waals surface area contributed by atoms with Crippen molar-refractivity contribution < 1.29 is 13.2 Å². The van der Waals surface area contributed by atoms with Crippen molar-refractivity contribution in [3.05, 3.63) is 83.4 Å². The van der Waals surface area contributed by atoms with Crippen molar-refractivity contribution >= 4 is 27.3 Å². The second-order valence-corrected chi connectivity index (χ2v) is 8.47. The fraction of sp³-hybridized carbons (Fsp3) is 0.158. The molecule has 27 heavy (non-hydrogen) atoms. The molecule has 1 heterocycles. The molecule has 0 aliphatic rings. The number of sulfone groups is 1. The van der Waals surface area contributed by atoms with E-state index in [2.05, 4.69) is 10.3 Å². The normalized spacial score (nSPS) is 11.3. The molecule has 0 saturated carbocycles. The second kappa shape index (κ2) is 8.37. The zero-order valence-electron chi connectivity index (χ0n) is 14.4. The molecule has 3 aromatic rings. The van der Waals surface area contributed by atoms with E-state index in [0.29, 0.717) is 11.6 Å². The van der Waals surface area contributed by atoms with E-state index < -0.39 is 21.5 Å². The lowest BCUT2D eigenvalue weighted by Crippen LogP contribution is -2.30. The summed E-state index contributed by atoms with van der Waals surface area (Å²) in [6, 6.07) is 13.5. The first-order chi connectivity index (χ1) is 12.9. The largest absolute Gasteiger partial charge is 0.351 e. The fourth-order valence-electron chi connectivity index (χ4n) is 2.58. The Bertz CT molecular complexity index is 1020. The highest BCUT2D eigenvalue weighted by Crippen LogP contribution is 2.15. The zero-order valence-corrected chi connectivity index (χ0v) is 15.9. The number of aromatic nitrogens is 2. The monoisotopic (exact) mass is 403 g/mol. The highest BCUT2D eigenvalue weighted by Gasteiger charge is 2.19. The maximum Gasteiger partial charge on any atom is 0.235 e. The Morgan fingerprint density at radius 1 is 1.11 bits per heavy atom. The Morgan fingerprint density at radius 2 is 1.85 bits per heavy atom. The minimum atomic E-state index is -3.70. The van der Waals surface area contributed by atoms with Gasteiger partial charge in [-0.15, -0.1) is 0 Å². The number of imidazole rings is 1. The van der Waals surface area contributed by atoms with Crippen LogP contribution in [0.5, 0.6) is 0 Å². The summed E-state index contributed by atoms with van der Waals surface area (Å²) in [7, 11) is -3.70. The summed E-state index contributed by atoms with van der Waals surface area (Å²) in [5, 5.41) is 3.10. The first-order valence-corrected chi connectivity index (χ1v) is 10.2. The molecule has 0 aliphatic carbocycles. The molecule has 3 rings (SSSR count). The highest BCUT2D eigenvalue weighted by molar-refractivity contribution is 7.92. The minimum Gasteiger partial charge on any atom is -0.351 e. The lowest BCUT2D eigenvalue weighted by Gasteiger charge is -2.09. The Labute approximate surface area is 162 Å². The van der Waals surface area contributed by atoms with Crippen molar-refractivity contribution in [2.45, 2.75) is 18.0 Å². The van der Waals surface area contributed by atoms with Crippen molar-refractivity contribution in [2.75, 3.05) is 5.75 Å². The third-order valence-electron chi connectivity index (χ3n) is 3.90. The number of hydrogen-bond donors (Lipinski definition) is 1. The number of halogens is 1. The standard InChI is InChI=1S/C19H18ClN3O3S/c20-17-4-6-18(7-5-17)27(25,26)13-19(24)22-11-15-2-1-3-16(10-15)12-23-9-8-21-14-23/h1-10,14H,11-13H2,(H,22,24). The summed E-state index contributed by atoms with van der Waals surface area (Å²) in [6.45, 7) is 0.930. The van der Waals surface area contributed by atoms with Crippen LogP contribution in [0.2, 0.25) is 5.02 Å². The lowest BCUT2D eigenvalue weighted by molar-refractivity contribution is -0.118. The van der Waals surface area contributed by atoms with E-state index >= 15 is 0 Å². The quantitative estimate of drug-likeness (QED) is 0.657. The fourth-order valence-corrected chi connectivity index (χ4v) is 3.87. The van der Waals surface area contributed by atoms with Gasteiger partial charge in [0.1, 0.15) is 5.75 Å². The van der Waals surface area contributed by atoms with Crippen LogP contribution in [-0.2, 0) is 27.7 Å². The van der Waals surface area contributed by atoms with Gasteiger partial charge in [0.05, 0.1) is 11.2 Å². The predicted molar refractivity (Wildman–Crippen MR) is 103 cm³/mol. The van der Waals surface area contributed by atoms with Crippen molar-refractivity contribution in [1.29, 1.82) is 0 Å². The Balaban J connectivity index is 1.58. The number of amides is 1. The summed E-state index contributed by atoms with van der Waals surface area (Å²) < 4.78 is 26.5. The highest BCUT2D eigenvalue weighted by atomic mass is 35.5. The molecule has 0 saturated heterocycles. The first kappa shape index (κ1) is 19.1. The van der Waals surface area contributed by atoms with Crippen LogP contribution >= 0.6 is 11.6 Å². The molecule has 6 nitrogen and oxygen atoms in total. The molecule has 2 aromatic carbocycles. The van der Waals surface area contributed by atoms with E-state index in [1.807, 2.05) is 35.0 Å². The minimum absolute atomic E-state index is 0.0735. The molecule has 1 amide bonds. The van der Waals surface area contributed by atoms with Crippen molar-refractivity contribution in [3.8, 4) is 0 Å². The first-order valence-electron chi connectivity index (χ1n) is 8.21. The van der Waals surface area contributed by atoms with E-state index in [9.17, 15) is 13.2 Å². The maximum atomic E-state index is 12.3. The van der Waals surface area contributed by atoms with Crippen molar-refractivity contribution in [2.24, 2.45) is 0 Å². The number of hydrogen-bond acceptors (Lipinski definition) is 4. The summed E-state index contributed by atoms with van der Waals surface area (Å²) >= 11 is 5.76. The van der Waals surface area contributed by atoms with E-state index in [4.69, 9.17) is 11.6 Å². The van der Waals surface area contributed by atoms with Crippen LogP contribution in [0.3, 0.4) is 0 Å². The number of benzene rings is 2. The molecule has 0 atom stereocenters. The lowest BCUT2D eigenvalue weighted by atomic mass is 10.1. The summed E-state index contributed by atoms with van der Waals surface area (Å²) in [4.78, 5) is 16.2. The third kappa shape index (κ3) is 5.42. The van der Waals surface area contributed by atoms with Gasteiger partial charge in [0, 0.05) is 30.5 Å². The van der Waals surface area contributed by atoms with Crippen LogP contribution in [-0.4, -0.2) is 29.6 Å². The topological polar surface area (TPSA) is 81.1 Å². The number of carbonyl (C=O) groups excluding carboxylic acids is 1. The second-order valence-electron chi connectivity index (χ2n) is 6.04. The number of carbonyl (C=O) groups is 1. The molecule has 0 aliphatic heterocycles. The maximum absolute atomic E-state index is 12.3. The van der Waals surface area contributed by atoms with Crippen molar-refractivity contribution in [3.63, 3.8) is 0 Å². The molecular weight excluding hydrogens is 386 g/mol. The van der Waals surface area contributed by atoms with Crippen LogP contribution < -0.4 is 5.32 Å². The molecule has 0 fully saturated rings. The van der Waals surface area contributed by atoms with E-state index in [1.54, 1.807) is 12.5 Å². The van der Waals surface area contributed by atoms with Gasteiger partial charge in [-0.3, -0.25) is 4.79 Å². The van der Waals surface area contributed by atoms with Crippen LogP contribution in [0.4, 0.5) is 0 Å². The van der Waals surface area contributed by atoms with Crippen LogP contribution in [0.25, 0.3) is 0 Å². The van der Waals surface area contributed by atoms with Crippen LogP contribution in [0, 0.1) is 0 Å². The van der Waals surface area contributed by atoms with Gasteiger partial charge < -0.3 is 9.88 Å². The summed E-state index contributed by atoms with van der Waals surface area (Å²) in [5.41, 5.74) is 1.96. The van der Waals surface area contributed by atoms with Gasteiger partial charge in [-0.2, -0.15) is 0 Å². The number of nitrogens with one attached hydrogen (secondary N) is 1. The molecule has 0 radical (unpaired) electrons. The number of rotatable bonds is 7. The molecule has 0 unspecified atom stereocenters. The third-order valence-corrected chi connectivity index (χ3v) is 5.78. The Kier molecular flexibility index (Phi) is 5.93. The van der Waals surface area contributed by atoms with Crippen LogP contribution in [0.1, 0.15) is 11.1 Å². The van der Waals surface area contributed by atoms with Gasteiger partial charge >= 0.3 is 0 Å². The van der Waals surface area contributed by atoms with Gasteiger partial charge in [-0.05, 0) is 35.4 Å². The van der Waals surface area contributed by atoms with Gasteiger partial charge in [-0.1, -0.05) is 35.9 Å². The van der Waals surface area contributed by atoms with Gasteiger partial charge in [-0.25, -0.2) is 13.4 Å². The average Bonchev–Trinajstić information content (AvgIpc) is 3.13. The molecule has 0 spiro atoms. The van der Waals surface area contributed by atoms with E-state index in [0.717, 1.165) is 11.1 Å². The van der Waals surface area contributed by atoms with Crippen molar-refractivity contribution in [1.82, 2.24) is 14.9 Å². The average molecular weight is 404 g/mol. The molecule has 1 N–H and O–H groups in total. The van der Waals surface area contributed by atoms with E-state index in [1.165, 1.54) is 24.3 Å². The SMILES string of the molecule is O=C(CS(=O)(=O)c1ccc(Cl)cc1)NCc1cccc(Cn2ccnc2)c1. The summed E-state index contributed by atoms with van der Waals surface area (Å²) in [5.74, 6) is -1.16. The smallest absolute Gasteiger partial charge is 0.235 e. The van der Waals surface area contributed by atoms with Gasteiger partial charge in [0.2, 0.25) is 5.91 Å². The molecule has 8 heteroatoms. The number of nitrogens with zero attached hydrogens (tertiary/aromatic N) is 2. The molecular formula is C19H18ClN3O3S. The van der Waals surface area contributed by atoms with Gasteiger partial charge in [0.25, 0.3) is 0 Å². The molecule has 0 bridgehead atoms.